The molecule has 0 bridgehead atoms. The van der Waals surface area contributed by atoms with E-state index in [-0.39, 0.29) is 6.61 Å². The van der Waals surface area contributed by atoms with E-state index in [2.05, 4.69) is 17.1 Å². The van der Waals surface area contributed by atoms with Crippen molar-refractivity contribution in [2.45, 2.75) is 25.4 Å². The Hall–Kier alpha value is -0.870. The number of likely N-dealkylation sites (tertiary alicyclic amines) is 1. The molecule has 1 N–H and O–H groups in total. The highest BCUT2D eigenvalue weighted by Crippen LogP contribution is 2.29. The first-order chi connectivity index (χ1) is 6.81. The quantitative estimate of drug-likeness (QED) is 0.766. The van der Waals surface area contributed by atoms with E-state index in [4.69, 9.17) is 9.63 Å². The molecule has 4 nitrogen and oxygen atoms in total. The van der Waals surface area contributed by atoms with E-state index in [0.717, 1.165) is 37.3 Å². The van der Waals surface area contributed by atoms with Crippen LogP contribution in [0.3, 0.4) is 0 Å². The van der Waals surface area contributed by atoms with E-state index in [1.54, 1.807) is 6.20 Å². The number of aliphatic hydroxyl groups is 1. The number of hydrogen-bond acceptors (Lipinski definition) is 4. The lowest BCUT2D eigenvalue weighted by molar-refractivity contribution is 0.224. The standard InChI is InChI=1S/C10H16N2O2/c1-12-4-2-8(3-5-12)10-9(7-13)6-11-14-10/h6,8,13H,2-5,7H2,1H3. The highest BCUT2D eigenvalue weighted by Gasteiger charge is 2.23. The molecule has 1 aromatic rings. The molecule has 1 aliphatic rings. The number of nitrogens with zero attached hydrogens (tertiary/aromatic N) is 2. The van der Waals surface area contributed by atoms with Gasteiger partial charge in [-0.15, -0.1) is 0 Å². The first kappa shape index (κ1) is 9.68. The Balaban J connectivity index is 2.08. The third-order valence-corrected chi connectivity index (χ3v) is 2.94. The van der Waals surface area contributed by atoms with Crippen molar-refractivity contribution < 1.29 is 9.63 Å². The van der Waals surface area contributed by atoms with Crippen LogP contribution in [0.2, 0.25) is 0 Å². The van der Waals surface area contributed by atoms with Crippen molar-refractivity contribution in [2.24, 2.45) is 0 Å². The lowest BCUT2D eigenvalue weighted by Crippen LogP contribution is -2.29. The summed E-state index contributed by atoms with van der Waals surface area (Å²) in [7, 11) is 2.13. The minimum atomic E-state index is 0.0329. The molecule has 1 saturated heterocycles. The van der Waals surface area contributed by atoms with Crippen LogP contribution in [0.5, 0.6) is 0 Å². The van der Waals surface area contributed by atoms with Gasteiger partial charge < -0.3 is 14.5 Å². The van der Waals surface area contributed by atoms with E-state index in [9.17, 15) is 0 Å². The van der Waals surface area contributed by atoms with Crippen molar-refractivity contribution in [1.82, 2.24) is 10.1 Å². The van der Waals surface area contributed by atoms with E-state index in [0.29, 0.717) is 5.92 Å². The second-order valence-corrected chi connectivity index (χ2v) is 3.95. The van der Waals surface area contributed by atoms with Gasteiger partial charge in [-0.05, 0) is 33.0 Å². The SMILES string of the molecule is CN1CCC(c2oncc2CO)CC1. The molecule has 0 aromatic carbocycles. The van der Waals surface area contributed by atoms with E-state index in [1.165, 1.54) is 0 Å². The predicted molar refractivity (Wildman–Crippen MR) is 51.9 cm³/mol. The number of rotatable bonds is 2. The molecular weight excluding hydrogens is 180 g/mol. The lowest BCUT2D eigenvalue weighted by Gasteiger charge is -2.27. The van der Waals surface area contributed by atoms with Gasteiger partial charge in [0.05, 0.1) is 12.8 Å². The Morgan fingerprint density at radius 3 is 2.93 bits per heavy atom. The Bertz CT molecular complexity index is 290. The smallest absolute Gasteiger partial charge is 0.145 e. The van der Waals surface area contributed by atoms with Crippen LogP contribution >= 0.6 is 0 Å². The van der Waals surface area contributed by atoms with Crippen LogP contribution in [-0.4, -0.2) is 35.3 Å². The summed E-state index contributed by atoms with van der Waals surface area (Å²) in [5, 5.41) is 12.8. The van der Waals surface area contributed by atoms with E-state index >= 15 is 0 Å². The molecule has 1 aromatic heterocycles. The van der Waals surface area contributed by atoms with Gasteiger partial charge in [-0.25, -0.2) is 0 Å². The Kier molecular flexibility index (Phi) is 2.84. The van der Waals surface area contributed by atoms with Crippen molar-refractivity contribution in [3.05, 3.63) is 17.5 Å². The summed E-state index contributed by atoms with van der Waals surface area (Å²) in [6, 6.07) is 0. The average Bonchev–Trinajstić information content (AvgIpc) is 2.67. The fourth-order valence-corrected chi connectivity index (χ4v) is 2.00. The maximum Gasteiger partial charge on any atom is 0.145 e. The maximum absolute atomic E-state index is 9.08. The fourth-order valence-electron chi connectivity index (χ4n) is 2.00. The van der Waals surface area contributed by atoms with Crippen LogP contribution in [0.15, 0.2) is 10.7 Å². The highest BCUT2D eigenvalue weighted by atomic mass is 16.5. The molecule has 0 saturated carbocycles. The maximum atomic E-state index is 9.08. The lowest BCUT2D eigenvalue weighted by atomic mass is 9.92. The van der Waals surface area contributed by atoms with Crippen LogP contribution in [0.4, 0.5) is 0 Å². The van der Waals surface area contributed by atoms with Crippen molar-refractivity contribution in [3.63, 3.8) is 0 Å². The molecule has 0 radical (unpaired) electrons. The highest BCUT2D eigenvalue weighted by molar-refractivity contribution is 5.17. The minimum absolute atomic E-state index is 0.0329. The van der Waals surface area contributed by atoms with E-state index in [1.807, 2.05) is 0 Å². The Morgan fingerprint density at radius 2 is 2.29 bits per heavy atom. The van der Waals surface area contributed by atoms with Crippen molar-refractivity contribution in [1.29, 1.82) is 0 Å². The normalized spacial score (nSPS) is 20.1. The van der Waals surface area contributed by atoms with Crippen molar-refractivity contribution in [3.8, 4) is 0 Å². The summed E-state index contributed by atoms with van der Waals surface area (Å²) in [5.74, 6) is 1.33. The van der Waals surface area contributed by atoms with Crippen molar-refractivity contribution in [2.75, 3.05) is 20.1 Å². The van der Waals surface area contributed by atoms with Crippen LogP contribution in [0, 0.1) is 0 Å². The van der Waals surface area contributed by atoms with Crippen LogP contribution in [-0.2, 0) is 6.61 Å². The third kappa shape index (κ3) is 1.81. The summed E-state index contributed by atoms with van der Waals surface area (Å²) in [6.45, 7) is 2.22. The van der Waals surface area contributed by atoms with Gasteiger partial charge in [0.2, 0.25) is 0 Å². The number of hydrogen-bond donors (Lipinski definition) is 1. The first-order valence-electron chi connectivity index (χ1n) is 5.04. The molecule has 78 valence electrons. The van der Waals surface area contributed by atoms with Gasteiger partial charge >= 0.3 is 0 Å². The van der Waals surface area contributed by atoms with Crippen LogP contribution in [0.25, 0.3) is 0 Å². The number of aliphatic hydroxyl groups excluding tert-OH is 1. The molecule has 2 heterocycles. The van der Waals surface area contributed by atoms with Gasteiger partial charge in [0.25, 0.3) is 0 Å². The van der Waals surface area contributed by atoms with Gasteiger partial charge in [-0.1, -0.05) is 5.16 Å². The van der Waals surface area contributed by atoms with Gasteiger partial charge in [0, 0.05) is 11.5 Å². The zero-order valence-corrected chi connectivity index (χ0v) is 8.44. The fraction of sp³-hybridized carbons (Fsp3) is 0.700. The molecule has 4 heteroatoms. The molecule has 1 aliphatic heterocycles. The molecule has 1 fully saturated rings. The number of piperidine rings is 1. The molecule has 14 heavy (non-hydrogen) atoms. The topological polar surface area (TPSA) is 49.5 Å². The predicted octanol–water partition coefficient (Wildman–Crippen LogP) is 0.976. The molecule has 0 unspecified atom stereocenters. The summed E-state index contributed by atoms with van der Waals surface area (Å²) < 4.78 is 5.20. The van der Waals surface area contributed by atoms with Gasteiger partial charge in [-0.3, -0.25) is 0 Å². The summed E-state index contributed by atoms with van der Waals surface area (Å²) in [6.07, 6.45) is 3.81. The molecular formula is C10H16N2O2. The second-order valence-electron chi connectivity index (χ2n) is 3.95. The zero-order valence-electron chi connectivity index (χ0n) is 8.44. The third-order valence-electron chi connectivity index (χ3n) is 2.94. The molecule has 2 rings (SSSR count). The molecule has 0 amide bonds. The molecule has 0 spiro atoms. The van der Waals surface area contributed by atoms with Crippen LogP contribution in [0.1, 0.15) is 30.1 Å². The molecule has 0 atom stereocenters. The second kappa shape index (κ2) is 4.11. The largest absolute Gasteiger partial charge is 0.391 e. The molecule has 0 aliphatic carbocycles. The van der Waals surface area contributed by atoms with E-state index < -0.39 is 0 Å². The summed E-state index contributed by atoms with van der Waals surface area (Å²) in [5.41, 5.74) is 0.847. The monoisotopic (exact) mass is 196 g/mol. The Labute approximate surface area is 83.5 Å². The summed E-state index contributed by atoms with van der Waals surface area (Å²) >= 11 is 0. The van der Waals surface area contributed by atoms with Crippen LogP contribution < -0.4 is 0 Å². The first-order valence-corrected chi connectivity index (χ1v) is 5.04. The van der Waals surface area contributed by atoms with Gasteiger partial charge in [0.1, 0.15) is 5.76 Å². The summed E-state index contributed by atoms with van der Waals surface area (Å²) in [4.78, 5) is 2.31. The average molecular weight is 196 g/mol. The zero-order chi connectivity index (χ0) is 9.97. The van der Waals surface area contributed by atoms with Gasteiger partial charge in [-0.2, -0.15) is 0 Å². The minimum Gasteiger partial charge on any atom is -0.391 e. The van der Waals surface area contributed by atoms with Gasteiger partial charge in [0.15, 0.2) is 0 Å². The van der Waals surface area contributed by atoms with Crippen molar-refractivity contribution >= 4 is 0 Å². The number of aromatic nitrogens is 1. The Morgan fingerprint density at radius 1 is 1.57 bits per heavy atom.